The number of benzene rings is 1. The van der Waals surface area contributed by atoms with E-state index in [1.54, 1.807) is 0 Å². The summed E-state index contributed by atoms with van der Waals surface area (Å²) in [5, 5.41) is 12.5. The molecule has 0 bridgehead atoms. The molecule has 1 aromatic carbocycles. The third-order valence-electron chi connectivity index (χ3n) is 4.10. The van der Waals surface area contributed by atoms with Crippen molar-refractivity contribution in [2.45, 2.75) is 45.1 Å². The second-order valence-electron chi connectivity index (χ2n) is 5.86. The second kappa shape index (κ2) is 8.03. The molecule has 0 heterocycles. The molecule has 2 unspecified atom stereocenters. The number of aryl methyl sites for hydroxylation is 1. The van der Waals surface area contributed by atoms with E-state index in [0.29, 0.717) is 5.75 Å². The molecule has 21 heavy (non-hydrogen) atoms. The van der Waals surface area contributed by atoms with Gasteiger partial charge in [0.05, 0.1) is 0 Å². The number of hydrogen-bond acceptors (Lipinski definition) is 3. The van der Waals surface area contributed by atoms with Gasteiger partial charge >= 0.3 is 0 Å². The molecule has 1 aliphatic carbocycles. The Bertz CT molecular complexity index is 461. The molecule has 1 aromatic rings. The van der Waals surface area contributed by atoms with E-state index in [4.69, 9.17) is 4.74 Å². The van der Waals surface area contributed by atoms with Crippen molar-refractivity contribution in [3.63, 3.8) is 0 Å². The summed E-state index contributed by atoms with van der Waals surface area (Å²) in [5.74, 6) is 0.780. The smallest absolute Gasteiger partial charge is 0.258 e. The van der Waals surface area contributed by atoms with Gasteiger partial charge in [0.1, 0.15) is 5.75 Å². The highest BCUT2D eigenvalue weighted by atomic mass is 16.5. The van der Waals surface area contributed by atoms with E-state index in [0.717, 1.165) is 31.2 Å². The summed E-state index contributed by atoms with van der Waals surface area (Å²) in [4.78, 5) is 12.0. The molecular weight excluding hydrogens is 266 g/mol. The average molecular weight is 291 g/mol. The minimum absolute atomic E-state index is 0.0259. The van der Waals surface area contributed by atoms with Gasteiger partial charge in [0, 0.05) is 18.6 Å². The number of ether oxygens (including phenoxy) is 1. The molecule has 0 aromatic heterocycles. The van der Waals surface area contributed by atoms with Gasteiger partial charge in [0.2, 0.25) is 0 Å². The molecule has 1 fully saturated rings. The van der Waals surface area contributed by atoms with Crippen LogP contribution in [0.1, 0.15) is 37.7 Å². The molecule has 116 valence electrons. The van der Waals surface area contributed by atoms with E-state index in [9.17, 15) is 9.90 Å². The van der Waals surface area contributed by atoms with Crippen LogP contribution in [0, 0.1) is 12.8 Å². The van der Waals surface area contributed by atoms with Crippen LogP contribution in [0.5, 0.6) is 5.75 Å². The molecule has 1 amide bonds. The largest absolute Gasteiger partial charge is 0.484 e. The standard InChI is InChI=1S/C17H25NO3/c1-13-6-5-8-15(10-13)21-12-17(20)18-16-9-4-2-3-7-14(16)11-19/h5-6,8,10,14,16,19H,2-4,7,9,11-12H2,1H3,(H,18,20). The van der Waals surface area contributed by atoms with Crippen molar-refractivity contribution < 1.29 is 14.6 Å². The molecule has 0 saturated heterocycles. The SMILES string of the molecule is Cc1cccc(OCC(=O)NC2CCCCCC2CO)c1. The Hall–Kier alpha value is -1.55. The number of aliphatic hydroxyl groups excluding tert-OH is 1. The van der Waals surface area contributed by atoms with E-state index in [1.165, 1.54) is 6.42 Å². The summed E-state index contributed by atoms with van der Waals surface area (Å²) in [5.41, 5.74) is 1.11. The van der Waals surface area contributed by atoms with Crippen molar-refractivity contribution >= 4 is 5.91 Å². The first-order chi connectivity index (χ1) is 10.2. The molecule has 4 nitrogen and oxygen atoms in total. The van der Waals surface area contributed by atoms with Gasteiger partial charge in [-0.25, -0.2) is 0 Å². The minimum Gasteiger partial charge on any atom is -0.484 e. The zero-order chi connectivity index (χ0) is 15.1. The quantitative estimate of drug-likeness (QED) is 0.819. The normalized spacial score (nSPS) is 22.4. The van der Waals surface area contributed by atoms with Gasteiger partial charge in [0.15, 0.2) is 6.61 Å². The van der Waals surface area contributed by atoms with Crippen molar-refractivity contribution in [1.82, 2.24) is 5.32 Å². The van der Waals surface area contributed by atoms with Crippen LogP contribution in [0.4, 0.5) is 0 Å². The Morgan fingerprint density at radius 1 is 1.33 bits per heavy atom. The van der Waals surface area contributed by atoms with Crippen LogP contribution in [0.3, 0.4) is 0 Å². The fourth-order valence-electron chi connectivity index (χ4n) is 2.90. The number of aliphatic hydroxyl groups is 1. The molecule has 2 N–H and O–H groups in total. The fourth-order valence-corrected chi connectivity index (χ4v) is 2.90. The molecular formula is C17H25NO3. The molecule has 1 aliphatic rings. The highest BCUT2D eigenvalue weighted by molar-refractivity contribution is 5.77. The second-order valence-corrected chi connectivity index (χ2v) is 5.86. The average Bonchev–Trinajstić information content (AvgIpc) is 2.70. The highest BCUT2D eigenvalue weighted by Gasteiger charge is 2.24. The van der Waals surface area contributed by atoms with Crippen LogP contribution in [0.15, 0.2) is 24.3 Å². The predicted molar refractivity (Wildman–Crippen MR) is 82.3 cm³/mol. The molecule has 2 atom stereocenters. The summed E-state index contributed by atoms with van der Waals surface area (Å²) in [6, 6.07) is 7.74. The number of carbonyl (C=O) groups is 1. The fraction of sp³-hybridized carbons (Fsp3) is 0.588. The number of hydrogen-bond donors (Lipinski definition) is 2. The molecule has 0 radical (unpaired) electrons. The van der Waals surface area contributed by atoms with Crippen molar-refractivity contribution in [2.24, 2.45) is 5.92 Å². The summed E-state index contributed by atoms with van der Waals surface area (Å²) in [6.07, 6.45) is 5.36. The van der Waals surface area contributed by atoms with Gasteiger partial charge in [-0.2, -0.15) is 0 Å². The lowest BCUT2D eigenvalue weighted by molar-refractivity contribution is -0.124. The Kier molecular flexibility index (Phi) is 6.05. The van der Waals surface area contributed by atoms with Crippen LogP contribution in [0.25, 0.3) is 0 Å². The summed E-state index contributed by atoms with van der Waals surface area (Å²) in [6.45, 7) is 2.16. The van der Waals surface area contributed by atoms with Crippen LogP contribution < -0.4 is 10.1 Å². The zero-order valence-electron chi connectivity index (χ0n) is 12.7. The maximum atomic E-state index is 12.0. The first-order valence-electron chi connectivity index (χ1n) is 7.78. The van der Waals surface area contributed by atoms with E-state index in [-0.39, 0.29) is 31.1 Å². The maximum absolute atomic E-state index is 12.0. The van der Waals surface area contributed by atoms with Crippen molar-refractivity contribution in [3.8, 4) is 5.75 Å². The van der Waals surface area contributed by atoms with E-state index >= 15 is 0 Å². The summed E-state index contributed by atoms with van der Waals surface area (Å²) < 4.78 is 5.52. The van der Waals surface area contributed by atoms with Gasteiger partial charge in [0.25, 0.3) is 5.91 Å². The summed E-state index contributed by atoms with van der Waals surface area (Å²) in [7, 11) is 0. The first-order valence-corrected chi connectivity index (χ1v) is 7.78. The molecule has 4 heteroatoms. The number of carbonyl (C=O) groups excluding carboxylic acids is 1. The van der Waals surface area contributed by atoms with Crippen LogP contribution in [0.2, 0.25) is 0 Å². The predicted octanol–water partition coefficient (Wildman–Crippen LogP) is 2.43. The van der Waals surface area contributed by atoms with Crippen LogP contribution in [-0.2, 0) is 4.79 Å². The first kappa shape index (κ1) is 15.8. The number of nitrogens with one attached hydrogen (secondary N) is 1. The van der Waals surface area contributed by atoms with Crippen LogP contribution in [-0.4, -0.2) is 30.3 Å². The van der Waals surface area contributed by atoms with Crippen molar-refractivity contribution in [3.05, 3.63) is 29.8 Å². The zero-order valence-corrected chi connectivity index (χ0v) is 12.7. The topological polar surface area (TPSA) is 58.6 Å². The summed E-state index contributed by atoms with van der Waals surface area (Å²) >= 11 is 0. The van der Waals surface area contributed by atoms with Gasteiger partial charge in [-0.1, -0.05) is 31.4 Å². The lowest BCUT2D eigenvalue weighted by Gasteiger charge is -2.24. The van der Waals surface area contributed by atoms with Crippen molar-refractivity contribution in [1.29, 1.82) is 0 Å². The van der Waals surface area contributed by atoms with Gasteiger partial charge in [-0.15, -0.1) is 0 Å². The van der Waals surface area contributed by atoms with Gasteiger partial charge in [-0.3, -0.25) is 4.79 Å². The Labute approximate surface area is 126 Å². The Morgan fingerprint density at radius 2 is 2.14 bits per heavy atom. The van der Waals surface area contributed by atoms with E-state index in [2.05, 4.69) is 5.32 Å². The Balaban J connectivity index is 1.82. The monoisotopic (exact) mass is 291 g/mol. The molecule has 1 saturated carbocycles. The van der Waals surface area contributed by atoms with Crippen molar-refractivity contribution in [2.75, 3.05) is 13.2 Å². The van der Waals surface area contributed by atoms with E-state index in [1.807, 2.05) is 31.2 Å². The Morgan fingerprint density at radius 3 is 2.90 bits per heavy atom. The minimum atomic E-state index is -0.109. The van der Waals surface area contributed by atoms with Crippen LogP contribution >= 0.6 is 0 Å². The maximum Gasteiger partial charge on any atom is 0.258 e. The number of rotatable bonds is 5. The third-order valence-corrected chi connectivity index (χ3v) is 4.10. The number of amides is 1. The third kappa shape index (κ3) is 5.05. The molecule has 0 aliphatic heterocycles. The van der Waals surface area contributed by atoms with Gasteiger partial charge in [-0.05, 0) is 37.5 Å². The molecule has 0 spiro atoms. The van der Waals surface area contributed by atoms with Gasteiger partial charge < -0.3 is 15.2 Å². The van der Waals surface area contributed by atoms with E-state index < -0.39 is 0 Å². The molecule has 2 rings (SSSR count). The highest BCUT2D eigenvalue weighted by Crippen LogP contribution is 2.23. The lowest BCUT2D eigenvalue weighted by atomic mass is 9.95. The lowest BCUT2D eigenvalue weighted by Crippen LogP contribution is -2.43.